The molecule has 0 bridgehead atoms. The summed E-state index contributed by atoms with van der Waals surface area (Å²) in [5.41, 5.74) is 2.17. The topological polar surface area (TPSA) is 72.3 Å². The number of nitrogens with one attached hydrogen (secondary N) is 1. The normalized spacial score (nSPS) is 20.2. The molecule has 4 heterocycles. The summed E-state index contributed by atoms with van der Waals surface area (Å²) in [5, 5.41) is 7.56. The minimum atomic E-state index is -0.0220. The minimum absolute atomic E-state index is 0.0220. The lowest BCUT2D eigenvalue weighted by molar-refractivity contribution is -0.116. The molecule has 1 N–H and O–H groups in total. The number of carbonyl (C=O) groups is 1. The molecule has 1 fully saturated rings. The minimum Gasteiger partial charge on any atom is -0.378 e. The number of rotatable bonds is 4. The maximum Gasteiger partial charge on any atom is 0.226 e. The van der Waals surface area contributed by atoms with Gasteiger partial charge in [0.25, 0.3) is 0 Å². The van der Waals surface area contributed by atoms with Gasteiger partial charge in [0.2, 0.25) is 5.91 Å². The predicted molar refractivity (Wildman–Crippen MR) is 99.4 cm³/mol. The zero-order valence-corrected chi connectivity index (χ0v) is 15.3. The van der Waals surface area contributed by atoms with Crippen LogP contribution in [0.2, 0.25) is 0 Å². The Morgan fingerprint density at radius 2 is 2.12 bits per heavy atom. The van der Waals surface area contributed by atoms with Crippen molar-refractivity contribution in [3.63, 3.8) is 0 Å². The fraction of sp³-hybridized carbons (Fsp3) is 0.526. The molecule has 1 amide bonds. The monoisotopic (exact) mass is 355 g/mol. The van der Waals surface area contributed by atoms with E-state index in [0.29, 0.717) is 25.6 Å². The van der Waals surface area contributed by atoms with Gasteiger partial charge in [-0.2, -0.15) is 5.10 Å². The lowest BCUT2D eigenvalue weighted by Crippen LogP contribution is -2.38. The number of nitrogens with zero attached hydrogens (tertiary/aromatic N) is 4. The van der Waals surface area contributed by atoms with E-state index >= 15 is 0 Å². The molecule has 0 aliphatic carbocycles. The van der Waals surface area contributed by atoms with Crippen molar-refractivity contribution in [2.24, 2.45) is 5.92 Å². The van der Waals surface area contributed by atoms with E-state index in [9.17, 15) is 4.79 Å². The first-order chi connectivity index (χ1) is 12.6. The Kier molecular flexibility index (Phi) is 4.63. The molecule has 0 radical (unpaired) electrons. The van der Waals surface area contributed by atoms with Crippen molar-refractivity contribution in [3.05, 3.63) is 35.7 Å². The van der Waals surface area contributed by atoms with E-state index in [4.69, 9.17) is 4.74 Å². The van der Waals surface area contributed by atoms with Crippen LogP contribution in [0.4, 0.5) is 11.6 Å². The molecule has 1 saturated heterocycles. The molecule has 0 unspecified atom stereocenters. The van der Waals surface area contributed by atoms with E-state index in [0.717, 1.165) is 42.4 Å². The van der Waals surface area contributed by atoms with Gasteiger partial charge in [0.05, 0.1) is 19.4 Å². The maximum absolute atomic E-state index is 12.4. The third-order valence-electron chi connectivity index (χ3n) is 4.93. The number of morpholine rings is 1. The molecule has 2 aromatic heterocycles. The van der Waals surface area contributed by atoms with Gasteiger partial charge < -0.3 is 15.0 Å². The first-order valence-corrected chi connectivity index (χ1v) is 9.26. The van der Waals surface area contributed by atoms with Crippen molar-refractivity contribution in [1.29, 1.82) is 0 Å². The summed E-state index contributed by atoms with van der Waals surface area (Å²) < 4.78 is 7.38. The summed E-state index contributed by atoms with van der Waals surface area (Å²) in [5.74, 6) is 2.25. The molecule has 26 heavy (non-hydrogen) atoms. The van der Waals surface area contributed by atoms with Crippen LogP contribution in [-0.4, -0.2) is 47.0 Å². The van der Waals surface area contributed by atoms with Gasteiger partial charge in [0.1, 0.15) is 11.6 Å². The zero-order valence-electron chi connectivity index (χ0n) is 15.3. The quantitative estimate of drug-likeness (QED) is 0.911. The summed E-state index contributed by atoms with van der Waals surface area (Å²) in [7, 11) is 0. The van der Waals surface area contributed by atoms with Crippen LogP contribution < -0.4 is 10.2 Å². The van der Waals surface area contributed by atoms with Gasteiger partial charge in [-0.15, -0.1) is 0 Å². The van der Waals surface area contributed by atoms with Crippen LogP contribution in [0.25, 0.3) is 0 Å². The Labute approximate surface area is 153 Å². The number of amides is 1. The molecule has 0 aromatic carbocycles. The molecule has 0 saturated carbocycles. The van der Waals surface area contributed by atoms with Crippen LogP contribution in [0.5, 0.6) is 0 Å². The fourth-order valence-electron chi connectivity index (χ4n) is 3.75. The third-order valence-corrected chi connectivity index (χ3v) is 4.93. The number of hydrogen-bond acceptors (Lipinski definition) is 5. The van der Waals surface area contributed by atoms with E-state index in [1.165, 1.54) is 0 Å². The predicted octanol–water partition coefficient (Wildman–Crippen LogP) is 2.24. The lowest BCUT2D eigenvalue weighted by Gasteiger charge is -2.32. The lowest BCUT2D eigenvalue weighted by atomic mass is 9.87. The van der Waals surface area contributed by atoms with Crippen LogP contribution in [0.1, 0.15) is 37.3 Å². The van der Waals surface area contributed by atoms with Gasteiger partial charge in [0, 0.05) is 49.3 Å². The van der Waals surface area contributed by atoms with Crippen LogP contribution in [0.15, 0.2) is 24.5 Å². The first kappa shape index (κ1) is 17.0. The number of fused-ring (bicyclic) bond motifs is 1. The first-order valence-electron chi connectivity index (χ1n) is 9.26. The van der Waals surface area contributed by atoms with Crippen molar-refractivity contribution in [3.8, 4) is 0 Å². The van der Waals surface area contributed by atoms with Crippen molar-refractivity contribution in [2.75, 3.05) is 36.5 Å². The highest BCUT2D eigenvalue weighted by molar-refractivity contribution is 5.94. The van der Waals surface area contributed by atoms with Gasteiger partial charge in [0.15, 0.2) is 0 Å². The molecular weight excluding hydrogens is 330 g/mol. The Morgan fingerprint density at radius 3 is 2.88 bits per heavy atom. The summed E-state index contributed by atoms with van der Waals surface area (Å²) in [6.07, 6.45) is 4.14. The van der Waals surface area contributed by atoms with E-state index in [-0.39, 0.29) is 11.8 Å². The van der Waals surface area contributed by atoms with Gasteiger partial charge >= 0.3 is 0 Å². The number of pyridine rings is 1. The van der Waals surface area contributed by atoms with Crippen molar-refractivity contribution in [2.45, 2.75) is 32.7 Å². The number of anilines is 2. The number of carbonyl (C=O) groups excluding carboxylic acids is 1. The highest BCUT2D eigenvalue weighted by Gasteiger charge is 2.32. The molecule has 4 rings (SSSR count). The molecule has 7 nitrogen and oxygen atoms in total. The third kappa shape index (κ3) is 3.19. The highest BCUT2D eigenvalue weighted by atomic mass is 16.5. The van der Waals surface area contributed by atoms with E-state index in [2.05, 4.69) is 40.2 Å². The zero-order chi connectivity index (χ0) is 18.1. The summed E-state index contributed by atoms with van der Waals surface area (Å²) in [4.78, 5) is 19.3. The molecule has 138 valence electrons. The maximum atomic E-state index is 12.4. The van der Waals surface area contributed by atoms with E-state index in [1.54, 1.807) is 0 Å². The van der Waals surface area contributed by atoms with E-state index < -0.39 is 0 Å². The summed E-state index contributed by atoms with van der Waals surface area (Å²) in [6, 6.07) is 4.04. The van der Waals surface area contributed by atoms with Gasteiger partial charge in [-0.1, -0.05) is 19.9 Å². The molecule has 7 heteroatoms. The standard InChI is InChI=1S/C19H25N5O2/c1-13(2)12-24-19-16(11-21-24)15(10-17(25)22-19)14-4-3-5-20-18(14)23-6-8-26-9-7-23/h3-5,11,13,15H,6-10,12H2,1-2H3,(H,22,25)/t15-/m1/s1. The Hall–Kier alpha value is -2.41. The van der Waals surface area contributed by atoms with Crippen LogP contribution in [-0.2, 0) is 16.1 Å². The molecular formula is C19H25N5O2. The van der Waals surface area contributed by atoms with Crippen LogP contribution in [0.3, 0.4) is 0 Å². The Balaban J connectivity index is 1.73. The molecule has 2 aliphatic rings. The van der Waals surface area contributed by atoms with Crippen molar-refractivity contribution >= 4 is 17.5 Å². The number of hydrogen-bond donors (Lipinski definition) is 1. The second kappa shape index (κ2) is 7.07. The highest BCUT2D eigenvalue weighted by Crippen LogP contribution is 2.40. The Morgan fingerprint density at radius 1 is 1.31 bits per heavy atom. The molecule has 2 aliphatic heterocycles. The SMILES string of the molecule is CC(C)Cn1ncc2c1NC(=O)C[C@@H]2c1cccnc1N1CCOCC1. The second-order valence-corrected chi connectivity index (χ2v) is 7.35. The van der Waals surface area contributed by atoms with Crippen LogP contribution in [0, 0.1) is 5.92 Å². The largest absolute Gasteiger partial charge is 0.378 e. The molecule has 2 aromatic rings. The fourth-order valence-corrected chi connectivity index (χ4v) is 3.75. The van der Waals surface area contributed by atoms with Crippen LogP contribution >= 0.6 is 0 Å². The van der Waals surface area contributed by atoms with Gasteiger partial charge in [-0.05, 0) is 12.0 Å². The average Bonchev–Trinajstić information content (AvgIpc) is 3.04. The summed E-state index contributed by atoms with van der Waals surface area (Å²) >= 11 is 0. The average molecular weight is 355 g/mol. The smallest absolute Gasteiger partial charge is 0.226 e. The van der Waals surface area contributed by atoms with Gasteiger partial charge in [-0.25, -0.2) is 9.67 Å². The van der Waals surface area contributed by atoms with Gasteiger partial charge in [-0.3, -0.25) is 4.79 Å². The molecule has 1 atom stereocenters. The second-order valence-electron chi connectivity index (χ2n) is 7.35. The summed E-state index contributed by atoms with van der Waals surface area (Å²) in [6.45, 7) is 8.13. The Bertz CT molecular complexity index is 795. The number of ether oxygens (including phenoxy) is 1. The number of aromatic nitrogens is 3. The molecule has 0 spiro atoms. The van der Waals surface area contributed by atoms with Crippen molar-refractivity contribution < 1.29 is 9.53 Å². The van der Waals surface area contributed by atoms with Crippen molar-refractivity contribution in [1.82, 2.24) is 14.8 Å². The van der Waals surface area contributed by atoms with E-state index in [1.807, 2.05) is 23.1 Å².